The van der Waals surface area contributed by atoms with Crippen LogP contribution in [0.15, 0.2) is 54.6 Å². The van der Waals surface area contributed by atoms with Crippen molar-refractivity contribution in [2.75, 3.05) is 5.32 Å². The Balaban J connectivity index is 1.35. The Morgan fingerprint density at radius 2 is 1.67 bits per heavy atom. The van der Waals surface area contributed by atoms with E-state index in [9.17, 15) is 4.79 Å². The summed E-state index contributed by atoms with van der Waals surface area (Å²) in [5.41, 5.74) is 2.14. The number of amides is 2. The van der Waals surface area contributed by atoms with Crippen molar-refractivity contribution >= 4 is 23.3 Å². The van der Waals surface area contributed by atoms with E-state index in [-0.39, 0.29) is 12.1 Å². The van der Waals surface area contributed by atoms with Gasteiger partial charge in [0.2, 0.25) is 0 Å². The third-order valence-electron chi connectivity index (χ3n) is 5.77. The SMILES string of the molecule is O=C(Nc1ccc(Cl)cc1)NC1C[C@@H]2CCC[C@@H](C1)N2Cc1ccccc1. The number of carbonyl (C=O) groups excluding carboxylic acids is 1. The number of halogens is 1. The number of carbonyl (C=O) groups is 1. The highest BCUT2D eigenvalue weighted by Crippen LogP contribution is 2.35. The molecule has 0 saturated carbocycles. The van der Waals surface area contributed by atoms with Gasteiger partial charge in [0.05, 0.1) is 0 Å². The average Bonchev–Trinajstić information content (AvgIpc) is 2.65. The van der Waals surface area contributed by atoms with Crippen LogP contribution in [-0.2, 0) is 6.54 Å². The molecule has 2 aliphatic rings. The van der Waals surface area contributed by atoms with E-state index in [0.717, 1.165) is 25.1 Å². The Labute approximate surface area is 165 Å². The molecule has 4 nitrogen and oxygen atoms in total. The Morgan fingerprint density at radius 1 is 1.00 bits per heavy atom. The van der Waals surface area contributed by atoms with E-state index in [1.807, 2.05) is 12.1 Å². The van der Waals surface area contributed by atoms with Gasteiger partial charge in [-0.1, -0.05) is 48.4 Å². The summed E-state index contributed by atoms with van der Waals surface area (Å²) >= 11 is 5.90. The smallest absolute Gasteiger partial charge is 0.319 e. The minimum atomic E-state index is -0.128. The predicted molar refractivity (Wildman–Crippen MR) is 110 cm³/mol. The van der Waals surface area contributed by atoms with Crippen LogP contribution in [0.2, 0.25) is 5.02 Å². The summed E-state index contributed by atoms with van der Waals surface area (Å²) in [5.74, 6) is 0. The monoisotopic (exact) mass is 383 g/mol. The van der Waals surface area contributed by atoms with Gasteiger partial charge in [-0.15, -0.1) is 0 Å². The van der Waals surface area contributed by atoms with Crippen LogP contribution in [0, 0.1) is 0 Å². The number of rotatable bonds is 4. The quantitative estimate of drug-likeness (QED) is 0.776. The second-order valence-electron chi connectivity index (χ2n) is 7.67. The second-order valence-corrected chi connectivity index (χ2v) is 8.11. The predicted octanol–water partition coefficient (Wildman–Crippen LogP) is 5.05. The highest BCUT2D eigenvalue weighted by Gasteiger charge is 2.38. The second kappa shape index (κ2) is 8.32. The highest BCUT2D eigenvalue weighted by atomic mass is 35.5. The summed E-state index contributed by atoms with van der Waals surface area (Å²) < 4.78 is 0. The maximum absolute atomic E-state index is 12.4. The number of anilines is 1. The molecule has 2 aromatic carbocycles. The molecular weight excluding hydrogens is 358 g/mol. The fourth-order valence-electron chi connectivity index (χ4n) is 4.53. The van der Waals surface area contributed by atoms with Crippen molar-refractivity contribution in [1.29, 1.82) is 0 Å². The first kappa shape index (κ1) is 18.3. The van der Waals surface area contributed by atoms with Crippen LogP contribution >= 0.6 is 11.6 Å². The maximum atomic E-state index is 12.4. The molecule has 0 spiro atoms. The summed E-state index contributed by atoms with van der Waals surface area (Å²) in [4.78, 5) is 15.0. The lowest BCUT2D eigenvalue weighted by atomic mass is 9.81. The van der Waals surface area contributed by atoms with E-state index in [2.05, 4.69) is 45.9 Å². The Kier molecular flexibility index (Phi) is 5.65. The van der Waals surface area contributed by atoms with Gasteiger partial charge in [-0.05, 0) is 55.5 Å². The summed E-state index contributed by atoms with van der Waals surface area (Å²) in [6.45, 7) is 1.01. The van der Waals surface area contributed by atoms with Crippen molar-refractivity contribution in [1.82, 2.24) is 10.2 Å². The maximum Gasteiger partial charge on any atom is 0.319 e. The van der Waals surface area contributed by atoms with Gasteiger partial charge in [-0.25, -0.2) is 4.79 Å². The number of piperidine rings is 2. The Hall–Kier alpha value is -2.04. The molecular formula is C22H26ClN3O. The van der Waals surface area contributed by atoms with Crippen LogP contribution in [0.4, 0.5) is 10.5 Å². The molecule has 2 aliphatic heterocycles. The van der Waals surface area contributed by atoms with Gasteiger partial charge in [0.15, 0.2) is 0 Å². The van der Waals surface area contributed by atoms with Gasteiger partial charge < -0.3 is 10.6 Å². The first-order valence-corrected chi connectivity index (χ1v) is 10.2. The molecule has 2 bridgehead atoms. The largest absolute Gasteiger partial charge is 0.335 e. The molecule has 2 saturated heterocycles. The molecule has 2 fully saturated rings. The topological polar surface area (TPSA) is 44.4 Å². The van der Waals surface area contributed by atoms with E-state index in [1.54, 1.807) is 12.1 Å². The van der Waals surface area contributed by atoms with E-state index in [4.69, 9.17) is 11.6 Å². The lowest BCUT2D eigenvalue weighted by Crippen LogP contribution is -2.56. The van der Waals surface area contributed by atoms with Gasteiger partial charge >= 0.3 is 6.03 Å². The van der Waals surface area contributed by atoms with Crippen LogP contribution in [0.1, 0.15) is 37.7 Å². The molecule has 0 unspecified atom stereocenters. The van der Waals surface area contributed by atoms with Crippen molar-refractivity contribution < 1.29 is 4.79 Å². The number of hydrogen-bond donors (Lipinski definition) is 2. The zero-order chi connectivity index (χ0) is 18.6. The molecule has 2 heterocycles. The minimum absolute atomic E-state index is 0.128. The zero-order valence-electron chi connectivity index (χ0n) is 15.4. The number of hydrogen-bond acceptors (Lipinski definition) is 2. The number of benzene rings is 2. The Morgan fingerprint density at radius 3 is 2.33 bits per heavy atom. The number of fused-ring (bicyclic) bond motifs is 2. The standard InChI is InChI=1S/C22H26ClN3O/c23-17-9-11-18(12-10-17)24-22(27)25-19-13-20-7-4-8-21(14-19)26(20)15-16-5-2-1-3-6-16/h1-3,5-6,9-12,19-21H,4,7-8,13-15H2,(H2,24,25,27)/t20-,21-/m0/s1. The van der Waals surface area contributed by atoms with E-state index >= 15 is 0 Å². The first-order chi connectivity index (χ1) is 13.2. The van der Waals surface area contributed by atoms with Crippen molar-refractivity contribution in [3.05, 3.63) is 65.2 Å². The van der Waals surface area contributed by atoms with E-state index in [0.29, 0.717) is 17.1 Å². The number of urea groups is 1. The molecule has 0 radical (unpaired) electrons. The fourth-order valence-corrected chi connectivity index (χ4v) is 4.66. The van der Waals surface area contributed by atoms with Crippen molar-refractivity contribution in [3.63, 3.8) is 0 Å². The van der Waals surface area contributed by atoms with Gasteiger partial charge in [0.1, 0.15) is 0 Å². The van der Waals surface area contributed by atoms with Crippen LogP contribution in [0.3, 0.4) is 0 Å². The molecule has 27 heavy (non-hydrogen) atoms. The first-order valence-electron chi connectivity index (χ1n) is 9.80. The van der Waals surface area contributed by atoms with E-state index in [1.165, 1.54) is 24.8 Å². The van der Waals surface area contributed by atoms with Gasteiger partial charge in [-0.3, -0.25) is 4.90 Å². The lowest BCUT2D eigenvalue weighted by Gasteiger charge is -2.49. The molecule has 2 atom stereocenters. The van der Waals surface area contributed by atoms with Crippen LogP contribution in [0.5, 0.6) is 0 Å². The summed E-state index contributed by atoms with van der Waals surface area (Å²) in [6.07, 6.45) is 5.79. The molecule has 2 aromatic rings. The molecule has 0 aromatic heterocycles. The van der Waals surface area contributed by atoms with Gasteiger partial charge in [0.25, 0.3) is 0 Å². The van der Waals surface area contributed by atoms with Crippen molar-refractivity contribution in [2.45, 2.75) is 56.8 Å². The van der Waals surface area contributed by atoms with Crippen LogP contribution in [0.25, 0.3) is 0 Å². The molecule has 142 valence electrons. The highest BCUT2D eigenvalue weighted by molar-refractivity contribution is 6.30. The number of nitrogens with zero attached hydrogens (tertiary/aromatic N) is 1. The summed E-state index contributed by atoms with van der Waals surface area (Å²) in [6, 6.07) is 19.1. The van der Waals surface area contributed by atoms with Gasteiger partial charge in [0, 0.05) is 35.4 Å². The van der Waals surface area contributed by atoms with Gasteiger partial charge in [-0.2, -0.15) is 0 Å². The fraction of sp³-hybridized carbons (Fsp3) is 0.409. The van der Waals surface area contributed by atoms with Crippen molar-refractivity contribution in [3.8, 4) is 0 Å². The molecule has 2 N–H and O–H groups in total. The molecule has 4 rings (SSSR count). The Bertz CT molecular complexity index is 751. The van der Waals surface area contributed by atoms with Crippen molar-refractivity contribution in [2.24, 2.45) is 0 Å². The average molecular weight is 384 g/mol. The normalized spacial score (nSPS) is 25.0. The summed E-state index contributed by atoms with van der Waals surface area (Å²) in [5, 5.41) is 6.76. The van der Waals surface area contributed by atoms with E-state index < -0.39 is 0 Å². The molecule has 5 heteroatoms. The third kappa shape index (κ3) is 4.63. The zero-order valence-corrected chi connectivity index (χ0v) is 16.2. The van der Waals surface area contributed by atoms with Crippen LogP contribution in [-0.4, -0.2) is 29.1 Å². The summed E-state index contributed by atoms with van der Waals surface area (Å²) in [7, 11) is 0. The number of nitrogens with one attached hydrogen (secondary N) is 2. The minimum Gasteiger partial charge on any atom is -0.335 e. The third-order valence-corrected chi connectivity index (χ3v) is 6.02. The lowest BCUT2D eigenvalue weighted by molar-refractivity contribution is 0.0200. The molecule has 2 amide bonds. The molecule has 0 aliphatic carbocycles. The van der Waals surface area contributed by atoms with Crippen LogP contribution < -0.4 is 10.6 Å².